The smallest absolute Gasteiger partial charge is 0.365 e. The summed E-state index contributed by atoms with van der Waals surface area (Å²) in [5.41, 5.74) is 0.640. The third-order valence-electron chi connectivity index (χ3n) is 5.28. The van der Waals surface area contributed by atoms with Gasteiger partial charge < -0.3 is 5.32 Å². The van der Waals surface area contributed by atoms with Crippen LogP contribution in [-0.2, 0) is 6.18 Å². The summed E-state index contributed by atoms with van der Waals surface area (Å²) < 4.78 is 81.3. The van der Waals surface area contributed by atoms with Gasteiger partial charge >= 0.3 is 6.18 Å². The monoisotopic (exact) mass is 444 g/mol. The Morgan fingerprint density at radius 3 is 2.39 bits per heavy atom. The van der Waals surface area contributed by atoms with Gasteiger partial charge in [0, 0.05) is 24.3 Å². The Kier molecular flexibility index (Phi) is 5.28. The number of hydrogen-bond donors (Lipinski definition) is 1. The van der Waals surface area contributed by atoms with E-state index >= 15 is 0 Å². The zero-order chi connectivity index (χ0) is 22.5. The summed E-state index contributed by atoms with van der Waals surface area (Å²) in [5, 5.41) is 6.64. The fraction of sp³-hybridized carbons (Fsp3) is 0.421. The van der Waals surface area contributed by atoms with Gasteiger partial charge in [-0.2, -0.15) is 22.7 Å². The molecular weight excluding hydrogens is 426 g/mol. The molecule has 2 aromatic heterocycles. The summed E-state index contributed by atoms with van der Waals surface area (Å²) in [6.07, 6.45) is -4.21. The molecule has 0 saturated carbocycles. The van der Waals surface area contributed by atoms with E-state index < -0.39 is 41.5 Å². The van der Waals surface area contributed by atoms with Crippen LogP contribution in [0.25, 0.3) is 5.78 Å². The fourth-order valence-corrected chi connectivity index (χ4v) is 3.95. The molecule has 0 aliphatic carbocycles. The lowest BCUT2D eigenvalue weighted by Crippen LogP contribution is -2.32. The molecule has 0 radical (unpaired) electrons. The van der Waals surface area contributed by atoms with Crippen LogP contribution < -0.4 is 5.32 Å². The van der Waals surface area contributed by atoms with Crippen molar-refractivity contribution < 1.29 is 26.3 Å². The van der Waals surface area contributed by atoms with Crippen LogP contribution in [0, 0.1) is 24.4 Å². The number of alkyl halides is 3. The highest BCUT2D eigenvalue weighted by Crippen LogP contribution is 2.35. The normalized spacial score (nSPS) is 20.0. The Morgan fingerprint density at radius 1 is 1.10 bits per heavy atom. The minimum absolute atomic E-state index is 0.210. The van der Waals surface area contributed by atoms with Crippen molar-refractivity contribution in [3.63, 3.8) is 0 Å². The number of likely N-dealkylation sites (tertiary alicyclic amines) is 1. The van der Waals surface area contributed by atoms with Gasteiger partial charge in [0.05, 0.1) is 6.04 Å². The molecular formula is C19H18F6N6. The summed E-state index contributed by atoms with van der Waals surface area (Å²) in [7, 11) is 0. The topological polar surface area (TPSA) is 58.3 Å². The highest BCUT2D eigenvalue weighted by atomic mass is 19.4. The van der Waals surface area contributed by atoms with Gasteiger partial charge in [0.25, 0.3) is 11.6 Å². The molecule has 2 unspecified atom stereocenters. The van der Waals surface area contributed by atoms with Crippen LogP contribution in [0.4, 0.5) is 32.2 Å². The van der Waals surface area contributed by atoms with E-state index in [2.05, 4.69) is 20.4 Å². The van der Waals surface area contributed by atoms with E-state index in [0.717, 1.165) is 16.6 Å². The van der Waals surface area contributed by atoms with Crippen molar-refractivity contribution in [1.82, 2.24) is 24.5 Å². The number of anilines is 1. The van der Waals surface area contributed by atoms with E-state index in [1.165, 1.54) is 6.07 Å². The van der Waals surface area contributed by atoms with Crippen molar-refractivity contribution in [2.24, 2.45) is 0 Å². The predicted octanol–water partition coefficient (Wildman–Crippen LogP) is 4.12. The third-order valence-corrected chi connectivity index (χ3v) is 5.28. The van der Waals surface area contributed by atoms with Crippen LogP contribution in [0.15, 0.2) is 18.2 Å². The molecule has 4 rings (SSSR count). The lowest BCUT2D eigenvalue weighted by molar-refractivity contribution is -0.144. The van der Waals surface area contributed by atoms with Gasteiger partial charge in [-0.1, -0.05) is 6.92 Å². The number of nitrogens with zero attached hydrogens (tertiary/aromatic N) is 5. The van der Waals surface area contributed by atoms with Gasteiger partial charge in [-0.3, -0.25) is 4.90 Å². The minimum Gasteiger partial charge on any atom is -0.365 e. The Balaban J connectivity index is 1.74. The molecule has 6 nitrogen and oxygen atoms in total. The van der Waals surface area contributed by atoms with Gasteiger partial charge in [0.2, 0.25) is 0 Å². The van der Waals surface area contributed by atoms with E-state index in [4.69, 9.17) is 0 Å². The molecule has 1 fully saturated rings. The van der Waals surface area contributed by atoms with Gasteiger partial charge in [-0.25, -0.2) is 18.2 Å². The lowest BCUT2D eigenvalue weighted by atomic mass is 9.99. The van der Waals surface area contributed by atoms with Crippen molar-refractivity contribution in [2.45, 2.75) is 38.5 Å². The van der Waals surface area contributed by atoms with Crippen molar-refractivity contribution >= 4 is 11.6 Å². The standard InChI is InChI=1S/C19H18F6N6/c1-3-30-5-4-13(16(30)10-7-11(20)15(22)12(21)8-10)27-14-6-9(2)26-18-28-17(19(23,24)25)29-31(14)18/h6-8,13,16,27H,3-5H2,1-2H3. The molecule has 1 aliphatic rings. The molecule has 2 atom stereocenters. The van der Waals surface area contributed by atoms with Crippen LogP contribution in [0.1, 0.15) is 36.5 Å². The number of aryl methyl sites for hydroxylation is 1. The molecule has 1 N–H and O–H groups in total. The van der Waals surface area contributed by atoms with Crippen molar-refractivity contribution in [1.29, 1.82) is 0 Å². The van der Waals surface area contributed by atoms with Gasteiger partial charge in [0.15, 0.2) is 17.5 Å². The van der Waals surface area contributed by atoms with Crippen molar-refractivity contribution in [2.75, 3.05) is 18.4 Å². The third kappa shape index (κ3) is 3.91. The van der Waals surface area contributed by atoms with Crippen molar-refractivity contribution in [3.8, 4) is 0 Å². The summed E-state index contributed by atoms with van der Waals surface area (Å²) in [4.78, 5) is 9.37. The van der Waals surface area contributed by atoms with Crippen LogP contribution in [0.3, 0.4) is 0 Å². The van der Waals surface area contributed by atoms with Crippen LogP contribution in [-0.4, -0.2) is 43.6 Å². The fourth-order valence-electron chi connectivity index (χ4n) is 3.95. The van der Waals surface area contributed by atoms with Crippen LogP contribution >= 0.6 is 0 Å². The molecule has 3 heterocycles. The summed E-state index contributed by atoms with van der Waals surface area (Å²) in [6, 6.07) is 2.42. The number of rotatable bonds is 4. The first kappa shape index (κ1) is 21.3. The number of fused-ring (bicyclic) bond motifs is 1. The first-order valence-electron chi connectivity index (χ1n) is 9.55. The molecule has 12 heteroatoms. The van der Waals surface area contributed by atoms with E-state index in [0.29, 0.717) is 25.2 Å². The highest BCUT2D eigenvalue weighted by molar-refractivity contribution is 5.47. The van der Waals surface area contributed by atoms with Gasteiger partial charge in [-0.05, 0) is 37.6 Å². The second kappa shape index (κ2) is 7.66. The van der Waals surface area contributed by atoms with E-state index in [1.807, 2.05) is 11.8 Å². The zero-order valence-electron chi connectivity index (χ0n) is 16.5. The number of likely N-dealkylation sites (N-methyl/N-ethyl adjacent to an activating group) is 1. The SMILES string of the molecule is CCN1CCC(Nc2cc(C)nc3nc(C(F)(F)F)nn23)C1c1cc(F)c(F)c(F)c1. The number of halogens is 6. The molecule has 166 valence electrons. The summed E-state index contributed by atoms with van der Waals surface area (Å²) in [5.74, 6) is -5.50. The second-order valence-electron chi connectivity index (χ2n) is 7.34. The largest absolute Gasteiger partial charge is 0.453 e. The van der Waals surface area contributed by atoms with E-state index in [9.17, 15) is 26.3 Å². The maximum atomic E-state index is 13.9. The molecule has 31 heavy (non-hydrogen) atoms. The highest BCUT2D eigenvalue weighted by Gasteiger charge is 2.38. The maximum absolute atomic E-state index is 13.9. The molecule has 1 saturated heterocycles. The number of aromatic nitrogens is 4. The molecule has 0 amide bonds. The first-order chi connectivity index (χ1) is 14.6. The summed E-state index contributed by atoms with van der Waals surface area (Å²) in [6.45, 7) is 4.59. The number of hydrogen-bond acceptors (Lipinski definition) is 5. The molecule has 1 aromatic carbocycles. The molecule has 1 aliphatic heterocycles. The van der Waals surface area contributed by atoms with Gasteiger partial charge in [0.1, 0.15) is 5.82 Å². The molecule has 0 spiro atoms. The van der Waals surface area contributed by atoms with Crippen molar-refractivity contribution in [3.05, 3.63) is 52.7 Å². The quantitative estimate of drug-likeness (QED) is 0.485. The minimum atomic E-state index is -4.74. The second-order valence-corrected chi connectivity index (χ2v) is 7.34. The average Bonchev–Trinajstić information content (AvgIpc) is 3.29. The van der Waals surface area contributed by atoms with Gasteiger partial charge in [-0.15, -0.1) is 5.10 Å². The summed E-state index contributed by atoms with van der Waals surface area (Å²) >= 11 is 0. The Morgan fingerprint density at radius 2 is 1.77 bits per heavy atom. The Hall–Kier alpha value is -2.89. The Bertz CT molecular complexity index is 1100. The van der Waals surface area contributed by atoms with Crippen LogP contribution in [0.2, 0.25) is 0 Å². The Labute approximate surface area is 172 Å². The average molecular weight is 444 g/mol. The first-order valence-corrected chi connectivity index (χ1v) is 9.55. The van der Waals surface area contributed by atoms with Crippen LogP contribution in [0.5, 0.6) is 0 Å². The zero-order valence-corrected chi connectivity index (χ0v) is 16.5. The van der Waals surface area contributed by atoms with E-state index in [-0.39, 0.29) is 17.2 Å². The lowest BCUT2D eigenvalue weighted by Gasteiger charge is -2.29. The van der Waals surface area contributed by atoms with E-state index in [1.54, 1.807) is 6.92 Å². The maximum Gasteiger partial charge on any atom is 0.453 e. The molecule has 3 aromatic rings. The number of benzene rings is 1. The predicted molar refractivity (Wildman–Crippen MR) is 98.9 cm³/mol. The number of nitrogens with one attached hydrogen (secondary N) is 1. The molecule has 0 bridgehead atoms.